The average molecular weight is 433 g/mol. The molecule has 0 aromatic carbocycles. The van der Waals surface area contributed by atoms with Crippen LogP contribution < -0.4 is 0 Å². The van der Waals surface area contributed by atoms with Gasteiger partial charge in [0.25, 0.3) is 0 Å². The van der Waals surface area contributed by atoms with Crippen molar-refractivity contribution in [2.75, 3.05) is 13.2 Å². The summed E-state index contributed by atoms with van der Waals surface area (Å²) in [7, 11) is 0. The van der Waals surface area contributed by atoms with E-state index in [0.29, 0.717) is 6.42 Å². The second-order valence-electron chi connectivity index (χ2n) is 8.89. The quantitative estimate of drug-likeness (QED) is 0.176. The molecule has 178 valence electrons. The minimum absolute atomic E-state index is 0.160. The molecule has 0 spiro atoms. The number of carbonyl (C=O) groups excluding carboxylic acids is 1. The molecule has 0 heterocycles. The lowest BCUT2D eigenvalue weighted by Gasteiger charge is -2.25. The van der Waals surface area contributed by atoms with Crippen LogP contribution in [0, 0.1) is 11.8 Å². The van der Waals surface area contributed by atoms with Crippen LogP contribution in [0.3, 0.4) is 0 Å². The molecule has 0 aromatic rings. The van der Waals surface area contributed by atoms with Crippen molar-refractivity contribution in [3.05, 3.63) is 11.6 Å². The SMILES string of the molecule is CC(=CCCC(=O)OC[C@H](O)[C@H](O)[C@@H](O)[C@@H](O)CO)CCCC(C)CCCC(C)C. The Kier molecular flexibility index (Phi) is 16.1. The standard InChI is InChI=1S/C23H44O7/c1-16(2)8-5-9-17(3)10-6-11-18(4)12-7-13-21(27)30-15-20(26)23(29)22(28)19(25)14-24/h12,16-17,19-20,22-26,28-29H,5-11,13-15H2,1-4H3/t17?,19-,20-,22-,23-/m0/s1. The molecule has 0 aromatic heterocycles. The van der Waals surface area contributed by atoms with Crippen molar-refractivity contribution < 1.29 is 35.1 Å². The van der Waals surface area contributed by atoms with E-state index in [1.165, 1.54) is 31.3 Å². The third-order valence-electron chi connectivity index (χ3n) is 5.33. The molecule has 1 unspecified atom stereocenters. The first kappa shape index (κ1) is 29.0. The van der Waals surface area contributed by atoms with E-state index in [1.807, 2.05) is 6.08 Å². The van der Waals surface area contributed by atoms with Gasteiger partial charge in [-0.05, 0) is 38.0 Å². The highest BCUT2D eigenvalue weighted by Crippen LogP contribution is 2.19. The summed E-state index contributed by atoms with van der Waals surface area (Å²) in [6, 6.07) is 0. The predicted octanol–water partition coefficient (Wildman–Crippen LogP) is 2.32. The number of rotatable bonds is 17. The van der Waals surface area contributed by atoms with E-state index in [1.54, 1.807) is 0 Å². The minimum Gasteiger partial charge on any atom is -0.463 e. The van der Waals surface area contributed by atoms with Gasteiger partial charge in [-0.3, -0.25) is 4.79 Å². The highest BCUT2D eigenvalue weighted by Gasteiger charge is 2.30. The van der Waals surface area contributed by atoms with Gasteiger partial charge in [-0.25, -0.2) is 0 Å². The molecule has 0 rings (SSSR count). The van der Waals surface area contributed by atoms with Gasteiger partial charge in [-0.15, -0.1) is 0 Å². The molecule has 7 heteroatoms. The molecule has 0 amide bonds. The zero-order valence-corrected chi connectivity index (χ0v) is 19.2. The first-order valence-corrected chi connectivity index (χ1v) is 11.2. The summed E-state index contributed by atoms with van der Waals surface area (Å²) in [5.41, 5.74) is 1.24. The van der Waals surface area contributed by atoms with E-state index in [2.05, 4.69) is 27.7 Å². The maximum absolute atomic E-state index is 11.8. The molecule has 0 aliphatic rings. The topological polar surface area (TPSA) is 127 Å². The van der Waals surface area contributed by atoms with Gasteiger partial charge in [0.1, 0.15) is 31.0 Å². The van der Waals surface area contributed by atoms with Crippen LogP contribution in [0.4, 0.5) is 0 Å². The molecular weight excluding hydrogens is 388 g/mol. The molecule has 0 bridgehead atoms. The van der Waals surface area contributed by atoms with Gasteiger partial charge in [0, 0.05) is 6.42 Å². The number of carbonyl (C=O) groups is 1. The second-order valence-corrected chi connectivity index (χ2v) is 8.89. The van der Waals surface area contributed by atoms with E-state index >= 15 is 0 Å². The normalized spacial score (nSPS) is 17.5. The van der Waals surface area contributed by atoms with Crippen LogP contribution >= 0.6 is 0 Å². The first-order valence-electron chi connectivity index (χ1n) is 11.2. The number of ether oxygens (including phenoxy) is 1. The summed E-state index contributed by atoms with van der Waals surface area (Å²) in [5, 5.41) is 46.9. The number of hydrogen-bond acceptors (Lipinski definition) is 7. The molecule has 30 heavy (non-hydrogen) atoms. The van der Waals surface area contributed by atoms with Crippen LogP contribution in [-0.4, -0.2) is 69.1 Å². The molecular formula is C23H44O7. The smallest absolute Gasteiger partial charge is 0.306 e. The Labute approximate surface area is 181 Å². The Morgan fingerprint density at radius 1 is 0.900 bits per heavy atom. The Morgan fingerprint density at radius 3 is 2.10 bits per heavy atom. The molecule has 5 N–H and O–H groups in total. The van der Waals surface area contributed by atoms with E-state index in [-0.39, 0.29) is 6.42 Å². The van der Waals surface area contributed by atoms with Crippen molar-refractivity contribution in [3.8, 4) is 0 Å². The lowest BCUT2D eigenvalue weighted by Crippen LogP contribution is -2.47. The van der Waals surface area contributed by atoms with E-state index in [9.17, 15) is 25.2 Å². The molecule has 0 fully saturated rings. The Balaban J connectivity index is 3.98. The summed E-state index contributed by atoms with van der Waals surface area (Å²) in [6.45, 7) is 7.64. The molecule has 0 saturated heterocycles. The number of hydrogen-bond donors (Lipinski definition) is 5. The fourth-order valence-electron chi connectivity index (χ4n) is 3.20. The van der Waals surface area contributed by atoms with Gasteiger partial charge in [-0.2, -0.15) is 0 Å². The van der Waals surface area contributed by atoms with Crippen molar-refractivity contribution in [2.45, 2.75) is 103 Å². The van der Waals surface area contributed by atoms with Crippen molar-refractivity contribution >= 4 is 5.97 Å². The van der Waals surface area contributed by atoms with E-state index in [0.717, 1.165) is 24.7 Å². The summed E-state index contributed by atoms with van der Waals surface area (Å²) >= 11 is 0. The number of aliphatic hydroxyl groups is 5. The van der Waals surface area contributed by atoms with Gasteiger partial charge < -0.3 is 30.3 Å². The number of aliphatic hydroxyl groups excluding tert-OH is 5. The molecule has 0 radical (unpaired) electrons. The highest BCUT2D eigenvalue weighted by molar-refractivity contribution is 5.69. The Morgan fingerprint density at radius 2 is 1.50 bits per heavy atom. The zero-order valence-electron chi connectivity index (χ0n) is 19.2. The lowest BCUT2D eigenvalue weighted by atomic mass is 9.94. The summed E-state index contributed by atoms with van der Waals surface area (Å²) in [5.74, 6) is 1.000. The molecule has 5 atom stereocenters. The molecule has 0 aliphatic heterocycles. The zero-order chi connectivity index (χ0) is 23.1. The fraction of sp³-hybridized carbons (Fsp3) is 0.870. The minimum atomic E-state index is -1.73. The molecule has 0 saturated carbocycles. The van der Waals surface area contributed by atoms with Crippen LogP contribution in [0.25, 0.3) is 0 Å². The van der Waals surface area contributed by atoms with Crippen LogP contribution in [0.5, 0.6) is 0 Å². The van der Waals surface area contributed by atoms with Crippen LogP contribution in [0.15, 0.2) is 11.6 Å². The van der Waals surface area contributed by atoms with Crippen LogP contribution in [-0.2, 0) is 9.53 Å². The van der Waals surface area contributed by atoms with Gasteiger partial charge >= 0.3 is 5.97 Å². The fourth-order valence-corrected chi connectivity index (χ4v) is 3.20. The predicted molar refractivity (Wildman–Crippen MR) is 117 cm³/mol. The highest BCUT2D eigenvalue weighted by atomic mass is 16.5. The Hall–Kier alpha value is -0.990. The van der Waals surface area contributed by atoms with Gasteiger partial charge in [-0.1, -0.05) is 58.1 Å². The first-order chi connectivity index (χ1) is 14.1. The van der Waals surface area contributed by atoms with Gasteiger partial charge in [0.05, 0.1) is 6.61 Å². The van der Waals surface area contributed by atoms with Crippen LogP contribution in [0.1, 0.15) is 79.1 Å². The largest absolute Gasteiger partial charge is 0.463 e. The molecule has 7 nitrogen and oxygen atoms in total. The van der Waals surface area contributed by atoms with E-state index in [4.69, 9.17) is 9.84 Å². The van der Waals surface area contributed by atoms with Crippen molar-refractivity contribution in [1.82, 2.24) is 0 Å². The Bertz CT molecular complexity index is 478. The second kappa shape index (κ2) is 16.7. The molecule has 0 aliphatic carbocycles. The monoisotopic (exact) mass is 432 g/mol. The third kappa shape index (κ3) is 14.1. The summed E-state index contributed by atoms with van der Waals surface area (Å²) < 4.78 is 4.90. The maximum Gasteiger partial charge on any atom is 0.306 e. The number of esters is 1. The average Bonchev–Trinajstić information content (AvgIpc) is 2.69. The maximum atomic E-state index is 11.8. The van der Waals surface area contributed by atoms with Crippen LogP contribution in [0.2, 0.25) is 0 Å². The third-order valence-corrected chi connectivity index (χ3v) is 5.33. The number of allylic oxidation sites excluding steroid dienone is 2. The lowest BCUT2D eigenvalue weighted by molar-refractivity contribution is -0.156. The van der Waals surface area contributed by atoms with E-state index < -0.39 is 43.6 Å². The van der Waals surface area contributed by atoms with Gasteiger partial charge in [0.2, 0.25) is 0 Å². The van der Waals surface area contributed by atoms with Crippen molar-refractivity contribution in [3.63, 3.8) is 0 Å². The van der Waals surface area contributed by atoms with Gasteiger partial charge in [0.15, 0.2) is 0 Å². The van der Waals surface area contributed by atoms with Crippen molar-refractivity contribution in [1.29, 1.82) is 0 Å². The summed E-state index contributed by atoms with van der Waals surface area (Å²) in [4.78, 5) is 11.8. The summed E-state index contributed by atoms with van der Waals surface area (Å²) in [6.07, 6.45) is 3.37. The van der Waals surface area contributed by atoms with Crippen molar-refractivity contribution in [2.24, 2.45) is 11.8 Å².